The number of hydrogen-bond donors (Lipinski definition) is 0. The number of ether oxygens (including phenoxy) is 1. The third-order valence-corrected chi connectivity index (χ3v) is 2.08. The van der Waals surface area contributed by atoms with Crippen molar-refractivity contribution in [1.82, 2.24) is 0 Å². The first-order valence-electron chi connectivity index (χ1n) is 5.89. The Hall–Kier alpha value is -2.50. The van der Waals surface area contributed by atoms with Gasteiger partial charge in [0.25, 0.3) is 0 Å². The summed E-state index contributed by atoms with van der Waals surface area (Å²) in [5.74, 6) is -1.56. The molecular formula is C14H14FNO4. The molecule has 20 heavy (non-hydrogen) atoms. The lowest BCUT2D eigenvalue weighted by Crippen LogP contribution is -2.04. The van der Waals surface area contributed by atoms with Gasteiger partial charge in [0.05, 0.1) is 6.61 Å². The lowest BCUT2D eigenvalue weighted by Gasteiger charge is -2.01. The first-order valence-corrected chi connectivity index (χ1v) is 5.89. The van der Waals surface area contributed by atoms with Gasteiger partial charge in [-0.2, -0.15) is 0 Å². The number of nitrogens with zero attached hydrogens (tertiary/aromatic N) is 1. The molecule has 6 heteroatoms. The molecule has 0 saturated heterocycles. The Labute approximate surface area is 115 Å². The molecule has 0 saturated carbocycles. The van der Waals surface area contributed by atoms with Gasteiger partial charge in [0.2, 0.25) is 0 Å². The molecule has 0 bridgehead atoms. The summed E-state index contributed by atoms with van der Waals surface area (Å²) in [5.41, 5.74) is 0.696. The molecule has 1 aromatic carbocycles. The number of esters is 1. The Kier molecular flexibility index (Phi) is 6.09. The van der Waals surface area contributed by atoms with E-state index < -0.39 is 17.8 Å². The van der Waals surface area contributed by atoms with E-state index in [1.165, 1.54) is 37.3 Å². The summed E-state index contributed by atoms with van der Waals surface area (Å²) in [7, 11) is 0. The Morgan fingerprint density at radius 3 is 2.45 bits per heavy atom. The van der Waals surface area contributed by atoms with Crippen LogP contribution in [0.1, 0.15) is 19.4 Å². The van der Waals surface area contributed by atoms with E-state index in [1.54, 1.807) is 6.92 Å². The molecule has 5 nitrogen and oxygen atoms in total. The minimum absolute atomic E-state index is 0.202. The van der Waals surface area contributed by atoms with Crippen molar-refractivity contribution in [2.75, 3.05) is 6.61 Å². The van der Waals surface area contributed by atoms with Gasteiger partial charge in [-0.05, 0) is 37.3 Å². The first kappa shape index (κ1) is 15.6. The van der Waals surface area contributed by atoms with Gasteiger partial charge in [-0.25, -0.2) is 14.0 Å². The number of benzene rings is 1. The van der Waals surface area contributed by atoms with Crippen molar-refractivity contribution in [3.8, 4) is 0 Å². The highest BCUT2D eigenvalue weighted by Gasteiger charge is 2.04. The highest BCUT2D eigenvalue weighted by atomic mass is 19.1. The number of allylic oxidation sites excluding steroid dienone is 1. The van der Waals surface area contributed by atoms with Crippen LogP contribution in [0.15, 0.2) is 41.6 Å². The van der Waals surface area contributed by atoms with E-state index in [9.17, 15) is 14.0 Å². The maximum Gasteiger partial charge on any atom is 0.332 e. The predicted octanol–water partition coefficient (Wildman–Crippen LogP) is 2.21. The quantitative estimate of drug-likeness (QED) is 0.272. The molecule has 0 spiro atoms. The number of hydrogen-bond acceptors (Lipinski definition) is 5. The van der Waals surface area contributed by atoms with Gasteiger partial charge < -0.3 is 9.57 Å². The zero-order valence-electron chi connectivity index (χ0n) is 11.1. The molecule has 0 amide bonds. The number of halogens is 1. The second kappa shape index (κ2) is 7.83. The van der Waals surface area contributed by atoms with Crippen molar-refractivity contribution < 1.29 is 23.6 Å². The van der Waals surface area contributed by atoms with Crippen LogP contribution in [0.4, 0.5) is 4.39 Å². The molecule has 0 aliphatic heterocycles. The summed E-state index contributed by atoms with van der Waals surface area (Å²) in [6.07, 6.45) is 2.48. The average Bonchev–Trinajstić information content (AvgIpc) is 2.40. The van der Waals surface area contributed by atoms with Crippen LogP contribution in [0.2, 0.25) is 0 Å². The molecule has 0 aromatic heterocycles. The summed E-state index contributed by atoms with van der Waals surface area (Å²) in [5, 5.41) is 3.61. The molecule has 0 unspecified atom stereocenters. The van der Waals surface area contributed by atoms with Crippen LogP contribution in [-0.2, 0) is 19.2 Å². The van der Waals surface area contributed by atoms with E-state index in [1.807, 2.05) is 0 Å². The molecule has 0 radical (unpaired) electrons. The second-order valence-corrected chi connectivity index (χ2v) is 3.65. The number of rotatable bonds is 5. The monoisotopic (exact) mass is 279 g/mol. The molecule has 0 fully saturated rings. The van der Waals surface area contributed by atoms with E-state index in [-0.39, 0.29) is 12.3 Å². The van der Waals surface area contributed by atoms with Crippen molar-refractivity contribution in [2.24, 2.45) is 5.16 Å². The molecule has 1 aromatic rings. The third-order valence-electron chi connectivity index (χ3n) is 2.08. The number of carbonyl (C=O) groups is 2. The molecule has 0 heterocycles. The van der Waals surface area contributed by atoms with Crippen LogP contribution in [0.3, 0.4) is 0 Å². The van der Waals surface area contributed by atoms with Gasteiger partial charge in [-0.15, -0.1) is 0 Å². The van der Waals surface area contributed by atoms with Gasteiger partial charge in [0.15, 0.2) is 0 Å². The zero-order chi connectivity index (χ0) is 15.0. The molecular weight excluding hydrogens is 265 g/mol. The third kappa shape index (κ3) is 5.43. The predicted molar refractivity (Wildman–Crippen MR) is 70.5 cm³/mol. The Morgan fingerprint density at radius 1 is 1.25 bits per heavy atom. The summed E-state index contributed by atoms with van der Waals surface area (Å²) >= 11 is 0. The van der Waals surface area contributed by atoms with E-state index in [0.29, 0.717) is 5.56 Å². The molecule has 0 aliphatic rings. The topological polar surface area (TPSA) is 65.0 Å². The van der Waals surface area contributed by atoms with Crippen LogP contribution in [0, 0.1) is 5.82 Å². The van der Waals surface area contributed by atoms with E-state index in [2.05, 4.69) is 9.99 Å². The van der Waals surface area contributed by atoms with Gasteiger partial charge in [-0.1, -0.05) is 5.16 Å². The Balaban J connectivity index is 2.96. The molecule has 106 valence electrons. The summed E-state index contributed by atoms with van der Waals surface area (Å²) in [6, 6.07) is 5.37. The second-order valence-electron chi connectivity index (χ2n) is 3.65. The maximum atomic E-state index is 12.9. The molecule has 0 aliphatic carbocycles. The average molecular weight is 279 g/mol. The van der Waals surface area contributed by atoms with Crippen LogP contribution in [-0.4, -0.2) is 24.3 Å². The standard InChI is InChI=1S/C14H14FNO4/c1-3-19-14(18)9-8-13(16-20-10(2)17)11-4-6-12(15)7-5-11/h4-9H,3H2,1-2H3/b9-8+,16-13+. The summed E-state index contributed by atoms with van der Waals surface area (Å²) < 4.78 is 17.6. The van der Waals surface area contributed by atoms with E-state index >= 15 is 0 Å². The van der Waals surface area contributed by atoms with Gasteiger partial charge in [-0.3, -0.25) is 0 Å². The molecule has 1 rings (SSSR count). The van der Waals surface area contributed by atoms with E-state index in [4.69, 9.17) is 4.74 Å². The fourth-order valence-electron chi connectivity index (χ4n) is 1.25. The summed E-state index contributed by atoms with van der Waals surface area (Å²) in [6.45, 7) is 3.12. The minimum Gasteiger partial charge on any atom is -0.463 e. The van der Waals surface area contributed by atoms with Crippen molar-refractivity contribution in [3.05, 3.63) is 47.8 Å². The van der Waals surface area contributed by atoms with Crippen LogP contribution in [0.25, 0.3) is 0 Å². The van der Waals surface area contributed by atoms with E-state index in [0.717, 1.165) is 6.08 Å². The highest BCUT2D eigenvalue weighted by molar-refractivity contribution is 6.10. The number of oxime groups is 1. The van der Waals surface area contributed by atoms with Gasteiger partial charge >= 0.3 is 11.9 Å². The molecule has 0 atom stereocenters. The van der Waals surface area contributed by atoms with Crippen LogP contribution >= 0.6 is 0 Å². The molecule has 0 N–H and O–H groups in total. The number of carbonyl (C=O) groups excluding carboxylic acids is 2. The first-order chi connectivity index (χ1) is 9.52. The highest BCUT2D eigenvalue weighted by Crippen LogP contribution is 2.06. The minimum atomic E-state index is -0.603. The fraction of sp³-hybridized carbons (Fsp3) is 0.214. The van der Waals surface area contributed by atoms with Gasteiger partial charge in [0.1, 0.15) is 11.5 Å². The lowest BCUT2D eigenvalue weighted by molar-refractivity contribution is -0.141. The maximum absolute atomic E-state index is 12.9. The normalized spacial score (nSPS) is 11.4. The smallest absolute Gasteiger partial charge is 0.332 e. The van der Waals surface area contributed by atoms with Crippen molar-refractivity contribution in [2.45, 2.75) is 13.8 Å². The van der Waals surface area contributed by atoms with Crippen molar-refractivity contribution in [1.29, 1.82) is 0 Å². The van der Waals surface area contributed by atoms with Crippen molar-refractivity contribution >= 4 is 17.7 Å². The van der Waals surface area contributed by atoms with Crippen molar-refractivity contribution in [3.63, 3.8) is 0 Å². The fourth-order valence-corrected chi connectivity index (χ4v) is 1.25. The zero-order valence-corrected chi connectivity index (χ0v) is 11.1. The lowest BCUT2D eigenvalue weighted by atomic mass is 10.1. The Morgan fingerprint density at radius 2 is 1.90 bits per heavy atom. The van der Waals surface area contributed by atoms with Crippen LogP contribution in [0.5, 0.6) is 0 Å². The van der Waals surface area contributed by atoms with Crippen LogP contribution < -0.4 is 0 Å². The van der Waals surface area contributed by atoms with Gasteiger partial charge in [0, 0.05) is 18.6 Å². The summed E-state index contributed by atoms with van der Waals surface area (Å²) in [4.78, 5) is 26.5. The Bertz CT molecular complexity index is 535. The largest absolute Gasteiger partial charge is 0.463 e. The SMILES string of the molecule is CCOC(=O)/C=C/C(=N\OC(C)=O)c1ccc(F)cc1.